The van der Waals surface area contributed by atoms with E-state index in [1.54, 1.807) is 24.2 Å². The van der Waals surface area contributed by atoms with Crippen molar-refractivity contribution in [3.8, 4) is 11.5 Å². The molecule has 0 radical (unpaired) electrons. The summed E-state index contributed by atoms with van der Waals surface area (Å²) in [4.78, 5) is 25.3. The summed E-state index contributed by atoms with van der Waals surface area (Å²) in [6.07, 6.45) is 4.03. The van der Waals surface area contributed by atoms with Crippen molar-refractivity contribution in [3.63, 3.8) is 0 Å². The molecular formula is C19H23NO5S2. The lowest BCUT2D eigenvalue weighted by molar-refractivity contribution is -0.137. The van der Waals surface area contributed by atoms with Gasteiger partial charge in [0.15, 0.2) is 11.5 Å². The Hall–Kier alpha value is -2.06. The number of nitrogens with zero attached hydrogens (tertiary/aromatic N) is 1. The van der Waals surface area contributed by atoms with Crippen LogP contribution in [-0.4, -0.2) is 46.5 Å². The number of ether oxygens (including phenoxy) is 2. The molecule has 27 heavy (non-hydrogen) atoms. The zero-order valence-corrected chi connectivity index (χ0v) is 17.0. The number of benzene rings is 1. The normalized spacial score (nSPS) is 15.5. The van der Waals surface area contributed by atoms with Crippen LogP contribution >= 0.6 is 24.0 Å². The van der Waals surface area contributed by atoms with Gasteiger partial charge in [0, 0.05) is 13.0 Å². The van der Waals surface area contributed by atoms with E-state index in [0.717, 1.165) is 18.4 Å². The Morgan fingerprint density at radius 3 is 2.74 bits per heavy atom. The average Bonchev–Trinajstić information content (AvgIpc) is 2.89. The fourth-order valence-electron chi connectivity index (χ4n) is 2.62. The standard InChI is InChI=1S/C19H23NO5S2/c1-3-25-15-11-13(8-9-14(15)24-2)12-16-18(23)20(19(26)27-16)10-6-4-5-7-17(21)22/h8-9,11-12H,3-7,10H2,1-2H3,(H,21,22). The van der Waals surface area contributed by atoms with Crippen LogP contribution in [0.5, 0.6) is 11.5 Å². The van der Waals surface area contributed by atoms with E-state index in [1.165, 1.54) is 11.8 Å². The molecule has 0 bridgehead atoms. The van der Waals surface area contributed by atoms with Gasteiger partial charge in [0.1, 0.15) is 4.32 Å². The summed E-state index contributed by atoms with van der Waals surface area (Å²) in [7, 11) is 1.58. The number of carbonyl (C=O) groups is 2. The molecule has 146 valence electrons. The maximum atomic E-state index is 12.6. The van der Waals surface area contributed by atoms with Crippen LogP contribution in [0.1, 0.15) is 38.2 Å². The Morgan fingerprint density at radius 1 is 1.30 bits per heavy atom. The molecule has 1 fully saturated rings. The third kappa shape index (κ3) is 5.97. The maximum absolute atomic E-state index is 12.6. The Balaban J connectivity index is 2.03. The zero-order chi connectivity index (χ0) is 19.8. The lowest BCUT2D eigenvalue weighted by atomic mass is 10.1. The van der Waals surface area contributed by atoms with Crippen LogP contribution in [0.15, 0.2) is 23.1 Å². The lowest BCUT2D eigenvalue weighted by Gasteiger charge is -2.13. The highest BCUT2D eigenvalue weighted by Crippen LogP contribution is 2.35. The van der Waals surface area contributed by atoms with Crippen molar-refractivity contribution in [2.75, 3.05) is 20.3 Å². The van der Waals surface area contributed by atoms with Gasteiger partial charge in [0.2, 0.25) is 0 Å². The van der Waals surface area contributed by atoms with Gasteiger partial charge in [-0.1, -0.05) is 36.5 Å². The van der Waals surface area contributed by atoms with Crippen LogP contribution in [0, 0.1) is 0 Å². The number of carbonyl (C=O) groups excluding carboxylic acids is 1. The second-order valence-corrected chi connectivity index (χ2v) is 7.56. The number of carboxylic acid groups (broad SMARTS) is 1. The summed E-state index contributed by atoms with van der Waals surface area (Å²) in [5, 5.41) is 8.66. The first-order valence-corrected chi connectivity index (χ1v) is 9.96. The minimum Gasteiger partial charge on any atom is -0.493 e. The third-order valence-corrected chi connectivity index (χ3v) is 5.31. The number of hydrogen-bond donors (Lipinski definition) is 1. The highest BCUT2D eigenvalue weighted by molar-refractivity contribution is 8.26. The third-order valence-electron chi connectivity index (χ3n) is 3.93. The smallest absolute Gasteiger partial charge is 0.303 e. The molecule has 1 heterocycles. The minimum absolute atomic E-state index is 0.114. The van der Waals surface area contributed by atoms with E-state index in [0.29, 0.717) is 40.3 Å². The van der Waals surface area contributed by atoms with Crippen LogP contribution in [0.2, 0.25) is 0 Å². The molecule has 1 N–H and O–H groups in total. The summed E-state index contributed by atoms with van der Waals surface area (Å²) >= 11 is 6.60. The fraction of sp³-hybridized carbons (Fsp3) is 0.421. The molecule has 0 spiro atoms. The van der Waals surface area contributed by atoms with Gasteiger partial charge in [-0.15, -0.1) is 0 Å². The van der Waals surface area contributed by atoms with Crippen molar-refractivity contribution in [2.24, 2.45) is 0 Å². The number of amides is 1. The number of hydrogen-bond acceptors (Lipinski definition) is 6. The lowest BCUT2D eigenvalue weighted by Crippen LogP contribution is -2.29. The van der Waals surface area contributed by atoms with Crippen LogP contribution in [0.4, 0.5) is 0 Å². The van der Waals surface area contributed by atoms with Crippen LogP contribution in [0.25, 0.3) is 6.08 Å². The molecule has 0 aromatic heterocycles. The molecule has 1 aromatic carbocycles. The Morgan fingerprint density at radius 2 is 2.07 bits per heavy atom. The number of unbranched alkanes of at least 4 members (excludes halogenated alkanes) is 2. The molecule has 1 saturated heterocycles. The highest BCUT2D eigenvalue weighted by atomic mass is 32.2. The number of thioether (sulfide) groups is 1. The Kier molecular flexibility index (Phi) is 8.12. The number of rotatable bonds is 10. The van der Waals surface area contributed by atoms with E-state index < -0.39 is 5.97 Å². The summed E-state index contributed by atoms with van der Waals surface area (Å²) in [5.74, 6) is 0.358. The van der Waals surface area contributed by atoms with Gasteiger partial charge in [-0.25, -0.2) is 0 Å². The minimum atomic E-state index is -0.797. The van der Waals surface area contributed by atoms with Gasteiger partial charge in [-0.3, -0.25) is 14.5 Å². The Bertz CT molecular complexity index is 748. The molecule has 8 heteroatoms. The number of carboxylic acids is 1. The number of aliphatic carboxylic acids is 1. The molecular weight excluding hydrogens is 386 g/mol. The van der Waals surface area contributed by atoms with Gasteiger partial charge >= 0.3 is 5.97 Å². The van der Waals surface area contributed by atoms with E-state index in [4.69, 9.17) is 26.8 Å². The quantitative estimate of drug-likeness (QED) is 0.356. The largest absolute Gasteiger partial charge is 0.493 e. The number of thiocarbonyl (C=S) groups is 1. The van der Waals surface area contributed by atoms with E-state index in [9.17, 15) is 9.59 Å². The van der Waals surface area contributed by atoms with Crippen molar-refractivity contribution < 1.29 is 24.2 Å². The van der Waals surface area contributed by atoms with E-state index in [2.05, 4.69) is 0 Å². The fourth-order valence-corrected chi connectivity index (χ4v) is 3.93. The van der Waals surface area contributed by atoms with Crippen LogP contribution in [0.3, 0.4) is 0 Å². The van der Waals surface area contributed by atoms with Crippen molar-refractivity contribution in [1.29, 1.82) is 0 Å². The summed E-state index contributed by atoms with van der Waals surface area (Å²) in [6, 6.07) is 5.50. The molecule has 1 aliphatic rings. The average molecular weight is 410 g/mol. The molecule has 0 unspecified atom stereocenters. The van der Waals surface area contributed by atoms with Gasteiger partial charge in [0.05, 0.1) is 18.6 Å². The van der Waals surface area contributed by atoms with Crippen molar-refractivity contribution in [1.82, 2.24) is 4.90 Å². The first-order valence-electron chi connectivity index (χ1n) is 8.74. The second-order valence-electron chi connectivity index (χ2n) is 5.88. The molecule has 1 aromatic rings. The summed E-state index contributed by atoms with van der Waals surface area (Å²) in [6.45, 7) is 2.92. The van der Waals surface area contributed by atoms with Crippen molar-refractivity contribution >= 4 is 46.3 Å². The molecule has 0 atom stereocenters. The van der Waals surface area contributed by atoms with Gasteiger partial charge < -0.3 is 14.6 Å². The topological polar surface area (TPSA) is 76.1 Å². The molecule has 6 nitrogen and oxygen atoms in total. The van der Waals surface area contributed by atoms with Gasteiger partial charge in [0.25, 0.3) is 5.91 Å². The molecule has 0 saturated carbocycles. The predicted octanol–water partition coefficient (Wildman–Crippen LogP) is 3.94. The summed E-state index contributed by atoms with van der Waals surface area (Å²) in [5.41, 5.74) is 0.834. The van der Waals surface area contributed by atoms with Crippen molar-refractivity contribution in [2.45, 2.75) is 32.6 Å². The van der Waals surface area contributed by atoms with E-state index in [-0.39, 0.29) is 12.3 Å². The number of methoxy groups -OCH3 is 1. The summed E-state index contributed by atoms with van der Waals surface area (Å²) < 4.78 is 11.4. The molecule has 1 aliphatic heterocycles. The molecule has 0 aliphatic carbocycles. The van der Waals surface area contributed by atoms with Crippen LogP contribution in [-0.2, 0) is 9.59 Å². The maximum Gasteiger partial charge on any atom is 0.303 e. The predicted molar refractivity (Wildman–Crippen MR) is 110 cm³/mol. The van der Waals surface area contributed by atoms with E-state index in [1.807, 2.05) is 19.1 Å². The highest BCUT2D eigenvalue weighted by Gasteiger charge is 2.31. The first kappa shape index (κ1) is 21.2. The zero-order valence-electron chi connectivity index (χ0n) is 15.4. The first-order chi connectivity index (χ1) is 13.0. The SMILES string of the molecule is CCOc1cc(C=C2SC(=S)N(CCCCCC(=O)O)C2=O)ccc1OC. The van der Waals surface area contributed by atoms with Gasteiger partial charge in [-0.2, -0.15) is 0 Å². The van der Waals surface area contributed by atoms with Crippen LogP contribution < -0.4 is 9.47 Å². The molecule has 1 amide bonds. The van der Waals surface area contributed by atoms with E-state index >= 15 is 0 Å². The Labute approximate surface area is 168 Å². The molecule has 2 rings (SSSR count). The van der Waals surface area contributed by atoms with Crippen molar-refractivity contribution in [3.05, 3.63) is 28.7 Å². The monoisotopic (exact) mass is 409 g/mol. The van der Waals surface area contributed by atoms with Gasteiger partial charge in [-0.05, 0) is 43.5 Å². The second kappa shape index (κ2) is 10.3.